The highest BCUT2D eigenvalue weighted by atomic mass is 19.1. The Balaban J connectivity index is 1.87. The summed E-state index contributed by atoms with van der Waals surface area (Å²) in [4.78, 5) is 11.5. The molecule has 0 aromatic heterocycles. The Morgan fingerprint density at radius 2 is 1.90 bits per heavy atom. The van der Waals surface area contributed by atoms with Crippen LogP contribution in [0.3, 0.4) is 0 Å². The van der Waals surface area contributed by atoms with Crippen LogP contribution in [0.1, 0.15) is 5.56 Å². The molecule has 4 nitrogen and oxygen atoms in total. The van der Waals surface area contributed by atoms with Gasteiger partial charge in [-0.1, -0.05) is 6.07 Å². The lowest BCUT2D eigenvalue weighted by atomic mass is 10.2. The Morgan fingerprint density at radius 3 is 2.55 bits per heavy atom. The van der Waals surface area contributed by atoms with E-state index in [-0.39, 0.29) is 12.4 Å². The van der Waals surface area contributed by atoms with Crippen molar-refractivity contribution in [1.29, 1.82) is 5.26 Å². The number of nitrogens with zero attached hydrogens (tertiary/aromatic N) is 1. The molecule has 2 rings (SSSR count). The number of carbonyl (C=O) groups excluding carboxylic acids is 1. The fraction of sp³-hybridized carbons (Fsp3) is 0.0667. The van der Waals surface area contributed by atoms with Crippen molar-refractivity contribution in [3.8, 4) is 17.6 Å². The minimum atomic E-state index is -0.612. The van der Waals surface area contributed by atoms with Gasteiger partial charge in [-0.25, -0.2) is 9.18 Å². The second kappa shape index (κ2) is 6.34. The Hall–Kier alpha value is -2.87. The normalized spacial score (nSPS) is 9.60. The summed E-state index contributed by atoms with van der Waals surface area (Å²) in [5, 5.41) is 8.63. The van der Waals surface area contributed by atoms with E-state index < -0.39 is 11.8 Å². The van der Waals surface area contributed by atoms with E-state index >= 15 is 0 Å². The molecule has 0 bridgehead atoms. The van der Waals surface area contributed by atoms with Gasteiger partial charge in [0.25, 0.3) is 0 Å². The molecule has 0 unspecified atom stereocenters. The van der Waals surface area contributed by atoms with Gasteiger partial charge in [0, 0.05) is 6.07 Å². The standard InChI is InChI=1S/C15H10FNO3/c16-12-2-1-3-14(8-12)19-10-15(18)20-13-6-4-11(9-17)5-7-13/h1-8H,10H2. The third-order valence-corrected chi connectivity index (χ3v) is 2.37. The average Bonchev–Trinajstić information content (AvgIpc) is 2.46. The van der Waals surface area contributed by atoms with Gasteiger partial charge >= 0.3 is 5.97 Å². The van der Waals surface area contributed by atoms with Crippen molar-refractivity contribution in [2.75, 3.05) is 6.61 Å². The number of halogens is 1. The third kappa shape index (κ3) is 3.82. The minimum Gasteiger partial charge on any atom is -0.482 e. The van der Waals surface area contributed by atoms with Crippen LogP contribution in [-0.4, -0.2) is 12.6 Å². The lowest BCUT2D eigenvalue weighted by Gasteiger charge is -2.06. The smallest absolute Gasteiger partial charge is 0.349 e. The number of nitriles is 1. The molecule has 5 heteroatoms. The Morgan fingerprint density at radius 1 is 1.15 bits per heavy atom. The van der Waals surface area contributed by atoms with Crippen LogP contribution in [0.15, 0.2) is 48.5 Å². The summed E-state index contributed by atoms with van der Waals surface area (Å²) in [6.07, 6.45) is 0. The van der Waals surface area contributed by atoms with Crippen LogP contribution in [0, 0.1) is 17.1 Å². The number of ether oxygens (including phenoxy) is 2. The van der Waals surface area contributed by atoms with E-state index in [4.69, 9.17) is 14.7 Å². The molecule has 0 aliphatic heterocycles. The van der Waals surface area contributed by atoms with Gasteiger partial charge in [0.05, 0.1) is 11.6 Å². The van der Waals surface area contributed by atoms with Gasteiger partial charge in [-0.3, -0.25) is 0 Å². The lowest BCUT2D eigenvalue weighted by Crippen LogP contribution is -2.17. The number of hydrogen-bond acceptors (Lipinski definition) is 4. The summed E-state index contributed by atoms with van der Waals surface area (Å²) < 4.78 is 23.0. The molecule has 2 aromatic rings. The maximum atomic E-state index is 12.9. The molecule has 2 aromatic carbocycles. The van der Waals surface area contributed by atoms with Gasteiger partial charge in [-0.05, 0) is 36.4 Å². The zero-order valence-electron chi connectivity index (χ0n) is 10.4. The summed E-state index contributed by atoms with van der Waals surface area (Å²) in [7, 11) is 0. The largest absolute Gasteiger partial charge is 0.482 e. The molecule has 0 aliphatic carbocycles. The van der Waals surface area contributed by atoms with Crippen molar-refractivity contribution in [1.82, 2.24) is 0 Å². The second-order valence-electron chi connectivity index (χ2n) is 3.86. The van der Waals surface area contributed by atoms with E-state index in [9.17, 15) is 9.18 Å². The maximum Gasteiger partial charge on any atom is 0.349 e. The van der Waals surface area contributed by atoms with Crippen molar-refractivity contribution in [2.24, 2.45) is 0 Å². The molecule has 0 amide bonds. The maximum absolute atomic E-state index is 12.9. The van der Waals surface area contributed by atoms with Crippen LogP contribution in [0.5, 0.6) is 11.5 Å². The Bertz CT molecular complexity index is 647. The molecule has 0 N–H and O–H groups in total. The van der Waals surface area contributed by atoms with Crippen LogP contribution in [0.4, 0.5) is 4.39 Å². The van der Waals surface area contributed by atoms with E-state index in [1.165, 1.54) is 48.5 Å². The summed E-state index contributed by atoms with van der Waals surface area (Å²) in [6.45, 7) is -0.330. The molecular formula is C15H10FNO3. The van der Waals surface area contributed by atoms with Gasteiger partial charge in [0.2, 0.25) is 0 Å². The van der Waals surface area contributed by atoms with Crippen molar-refractivity contribution >= 4 is 5.97 Å². The lowest BCUT2D eigenvalue weighted by molar-refractivity contribution is -0.136. The highest BCUT2D eigenvalue weighted by Crippen LogP contribution is 2.14. The quantitative estimate of drug-likeness (QED) is 0.633. The van der Waals surface area contributed by atoms with Gasteiger partial charge in [-0.15, -0.1) is 0 Å². The van der Waals surface area contributed by atoms with E-state index in [1.54, 1.807) is 0 Å². The summed E-state index contributed by atoms with van der Waals surface area (Å²) in [5.74, 6) is -0.486. The van der Waals surface area contributed by atoms with Crippen LogP contribution in [0.25, 0.3) is 0 Å². The molecule has 0 atom stereocenters. The summed E-state index contributed by atoms with van der Waals surface area (Å²) in [6, 6.07) is 13.5. The fourth-order valence-corrected chi connectivity index (χ4v) is 1.46. The first-order valence-electron chi connectivity index (χ1n) is 5.76. The predicted molar refractivity (Wildman–Crippen MR) is 68.7 cm³/mol. The van der Waals surface area contributed by atoms with Crippen molar-refractivity contribution < 1.29 is 18.7 Å². The Kier molecular flexibility index (Phi) is 4.30. The first-order valence-corrected chi connectivity index (χ1v) is 5.76. The SMILES string of the molecule is N#Cc1ccc(OC(=O)COc2cccc(F)c2)cc1. The zero-order chi connectivity index (χ0) is 14.4. The number of carbonyl (C=O) groups is 1. The van der Waals surface area contributed by atoms with Crippen LogP contribution >= 0.6 is 0 Å². The molecule has 0 fully saturated rings. The monoisotopic (exact) mass is 271 g/mol. The topological polar surface area (TPSA) is 59.3 Å². The Labute approximate surface area is 115 Å². The molecule has 0 radical (unpaired) electrons. The molecule has 100 valence electrons. The van der Waals surface area contributed by atoms with E-state index in [1.807, 2.05) is 6.07 Å². The van der Waals surface area contributed by atoms with Crippen LogP contribution in [0.2, 0.25) is 0 Å². The molecule has 20 heavy (non-hydrogen) atoms. The van der Waals surface area contributed by atoms with Gasteiger partial charge in [0.1, 0.15) is 17.3 Å². The van der Waals surface area contributed by atoms with Crippen LogP contribution < -0.4 is 9.47 Å². The van der Waals surface area contributed by atoms with Gasteiger partial charge in [0.15, 0.2) is 6.61 Å². The molecule has 0 saturated heterocycles. The van der Waals surface area contributed by atoms with Gasteiger partial charge in [-0.2, -0.15) is 5.26 Å². The van der Waals surface area contributed by atoms with Gasteiger partial charge < -0.3 is 9.47 Å². The van der Waals surface area contributed by atoms with E-state index in [0.717, 1.165) is 0 Å². The van der Waals surface area contributed by atoms with E-state index in [2.05, 4.69) is 0 Å². The first-order chi connectivity index (χ1) is 9.67. The average molecular weight is 271 g/mol. The van der Waals surface area contributed by atoms with Crippen molar-refractivity contribution in [2.45, 2.75) is 0 Å². The number of esters is 1. The molecular weight excluding hydrogens is 261 g/mol. The van der Waals surface area contributed by atoms with Crippen molar-refractivity contribution in [3.63, 3.8) is 0 Å². The predicted octanol–water partition coefficient (Wildman–Crippen LogP) is 2.68. The molecule has 0 spiro atoms. The third-order valence-electron chi connectivity index (χ3n) is 2.37. The number of hydrogen-bond donors (Lipinski definition) is 0. The number of benzene rings is 2. The summed E-state index contributed by atoms with van der Waals surface area (Å²) >= 11 is 0. The fourth-order valence-electron chi connectivity index (χ4n) is 1.46. The highest BCUT2D eigenvalue weighted by molar-refractivity contribution is 5.74. The zero-order valence-corrected chi connectivity index (χ0v) is 10.4. The highest BCUT2D eigenvalue weighted by Gasteiger charge is 2.06. The summed E-state index contributed by atoms with van der Waals surface area (Å²) in [5.41, 5.74) is 0.473. The van der Waals surface area contributed by atoms with E-state index in [0.29, 0.717) is 11.3 Å². The molecule has 0 heterocycles. The van der Waals surface area contributed by atoms with Crippen LogP contribution in [-0.2, 0) is 4.79 Å². The van der Waals surface area contributed by atoms with Crippen molar-refractivity contribution in [3.05, 3.63) is 59.9 Å². The molecule has 0 aliphatic rings. The molecule has 0 saturated carbocycles. The first kappa shape index (κ1) is 13.6. The minimum absolute atomic E-state index is 0.252. The number of rotatable bonds is 4. The second-order valence-corrected chi connectivity index (χ2v) is 3.86.